The van der Waals surface area contributed by atoms with Crippen LogP contribution in [0.5, 0.6) is 0 Å². The molecule has 7 heteroatoms. The molecule has 3 N–H and O–H groups in total. The van der Waals surface area contributed by atoms with E-state index in [1.54, 1.807) is 29.5 Å². The van der Waals surface area contributed by atoms with Crippen LogP contribution in [0.1, 0.15) is 45.8 Å². The maximum atomic E-state index is 13.6. The van der Waals surface area contributed by atoms with Crippen molar-refractivity contribution >= 4 is 40.3 Å². The van der Waals surface area contributed by atoms with Crippen LogP contribution in [-0.4, -0.2) is 11.0 Å². The van der Waals surface area contributed by atoms with Crippen molar-refractivity contribution in [1.82, 2.24) is 10.9 Å². The highest BCUT2D eigenvalue weighted by Crippen LogP contribution is 2.28. The van der Waals surface area contributed by atoms with E-state index in [0.717, 1.165) is 12.8 Å². The van der Waals surface area contributed by atoms with Crippen molar-refractivity contribution in [2.45, 2.75) is 38.5 Å². The normalized spacial score (nSPS) is 14.0. The Morgan fingerprint density at radius 1 is 1.08 bits per heavy atom. The van der Waals surface area contributed by atoms with Gasteiger partial charge in [-0.15, -0.1) is 11.3 Å². The molecular weight excluding hydrogens is 357 g/mol. The first kappa shape index (κ1) is 17.8. The summed E-state index contributed by atoms with van der Waals surface area (Å²) < 4.78 is 13.6. The Kier molecular flexibility index (Phi) is 5.99. The summed E-state index contributed by atoms with van der Waals surface area (Å²) in [5.41, 5.74) is 6.75. The van der Waals surface area contributed by atoms with Crippen LogP contribution in [0.2, 0.25) is 0 Å². The smallest absolute Gasteiger partial charge is 0.279 e. The van der Waals surface area contributed by atoms with Gasteiger partial charge in [0.2, 0.25) is 0 Å². The zero-order valence-electron chi connectivity index (χ0n) is 13.7. The lowest BCUT2D eigenvalue weighted by Crippen LogP contribution is -2.43. The largest absolute Gasteiger partial charge is 0.329 e. The van der Waals surface area contributed by atoms with Crippen LogP contribution in [-0.2, 0) is 12.8 Å². The second-order valence-corrected chi connectivity index (χ2v) is 7.53. The molecule has 132 valence electrons. The second kappa shape index (κ2) is 8.40. The van der Waals surface area contributed by atoms with E-state index in [1.807, 2.05) is 6.07 Å². The lowest BCUT2D eigenvalue weighted by Gasteiger charge is -2.11. The van der Waals surface area contributed by atoms with Gasteiger partial charge in [-0.2, -0.15) is 0 Å². The quantitative estimate of drug-likeness (QED) is 0.543. The Labute approximate surface area is 155 Å². The third kappa shape index (κ3) is 4.76. The van der Waals surface area contributed by atoms with Crippen LogP contribution in [0.4, 0.5) is 10.1 Å². The van der Waals surface area contributed by atoms with E-state index in [9.17, 15) is 9.18 Å². The van der Waals surface area contributed by atoms with Crippen LogP contribution >= 0.6 is 23.6 Å². The number of hydrogen-bond acceptors (Lipinski definition) is 3. The number of fused-ring (bicyclic) bond motifs is 1. The highest BCUT2D eigenvalue weighted by atomic mass is 32.1. The number of anilines is 1. The van der Waals surface area contributed by atoms with Crippen molar-refractivity contribution in [3.05, 3.63) is 51.5 Å². The molecule has 4 nitrogen and oxygen atoms in total. The molecule has 0 radical (unpaired) electrons. The predicted molar refractivity (Wildman–Crippen MR) is 103 cm³/mol. The highest BCUT2D eigenvalue weighted by Gasteiger charge is 2.16. The van der Waals surface area contributed by atoms with Crippen LogP contribution in [0.15, 0.2) is 30.3 Å². The molecule has 1 heterocycles. The molecule has 0 aliphatic heterocycles. The minimum Gasteiger partial charge on any atom is -0.329 e. The van der Waals surface area contributed by atoms with E-state index in [4.69, 9.17) is 12.2 Å². The monoisotopic (exact) mass is 377 g/mol. The molecule has 0 atom stereocenters. The Morgan fingerprint density at radius 3 is 2.64 bits per heavy atom. The number of carbonyl (C=O) groups is 1. The first-order chi connectivity index (χ1) is 12.1. The fraction of sp³-hybridized carbons (Fsp3) is 0.333. The minimum absolute atomic E-state index is 0.133. The summed E-state index contributed by atoms with van der Waals surface area (Å²) in [6.07, 6.45) is 6.97. The number of halogens is 1. The summed E-state index contributed by atoms with van der Waals surface area (Å²) in [7, 11) is 0. The third-order valence-corrected chi connectivity index (χ3v) is 5.57. The Balaban J connectivity index is 1.56. The number of thiocarbonyl (C=S) groups is 1. The number of carbonyl (C=O) groups excluding carboxylic acids is 1. The average Bonchev–Trinajstić information content (AvgIpc) is 2.97. The molecule has 1 amide bonds. The number of rotatable bonds is 2. The molecule has 0 fully saturated rings. The Morgan fingerprint density at radius 2 is 1.84 bits per heavy atom. The van der Waals surface area contributed by atoms with Crippen molar-refractivity contribution < 1.29 is 9.18 Å². The zero-order chi connectivity index (χ0) is 17.6. The summed E-state index contributed by atoms with van der Waals surface area (Å²) in [5, 5.41) is 2.85. The molecule has 0 unspecified atom stereocenters. The topological polar surface area (TPSA) is 53.2 Å². The number of aryl methyl sites for hydroxylation is 2. The highest BCUT2D eigenvalue weighted by molar-refractivity contribution is 7.80. The first-order valence-corrected chi connectivity index (χ1v) is 9.59. The molecule has 0 saturated heterocycles. The molecule has 0 bridgehead atoms. The van der Waals surface area contributed by atoms with E-state index in [0.29, 0.717) is 4.88 Å². The molecule has 2 aromatic rings. The lowest BCUT2D eigenvalue weighted by atomic mass is 10.00. The molecule has 3 rings (SSSR count). The summed E-state index contributed by atoms with van der Waals surface area (Å²) in [6, 6.07) is 8.20. The van der Waals surface area contributed by atoms with Crippen molar-refractivity contribution in [2.75, 3.05) is 5.32 Å². The van der Waals surface area contributed by atoms with E-state index >= 15 is 0 Å². The van der Waals surface area contributed by atoms with Gasteiger partial charge in [0.1, 0.15) is 5.82 Å². The summed E-state index contributed by atoms with van der Waals surface area (Å²) in [4.78, 5) is 14.3. The number of nitrogens with one attached hydrogen (secondary N) is 3. The van der Waals surface area contributed by atoms with E-state index in [2.05, 4.69) is 16.2 Å². The number of hydrogen-bond donors (Lipinski definition) is 3. The van der Waals surface area contributed by atoms with Gasteiger partial charge in [-0.3, -0.25) is 15.6 Å². The molecule has 0 spiro atoms. The predicted octanol–water partition coefficient (Wildman–Crippen LogP) is 4.18. The SMILES string of the molecule is O=C(NNC(=S)Nc1ccccc1F)c1cc2c(s1)CCCCCC2. The molecular formula is C18H20FN3OS2. The van der Waals surface area contributed by atoms with Crippen LogP contribution in [0, 0.1) is 5.82 Å². The van der Waals surface area contributed by atoms with Gasteiger partial charge in [-0.25, -0.2) is 4.39 Å². The van der Waals surface area contributed by atoms with Gasteiger partial charge in [-0.1, -0.05) is 25.0 Å². The molecule has 0 saturated carbocycles. The van der Waals surface area contributed by atoms with Gasteiger partial charge in [-0.05, 0) is 61.7 Å². The number of benzene rings is 1. The number of hydrazine groups is 1. The molecule has 1 aromatic heterocycles. The van der Waals surface area contributed by atoms with Crippen molar-refractivity contribution in [2.24, 2.45) is 0 Å². The number of thiophene rings is 1. The van der Waals surface area contributed by atoms with Gasteiger partial charge < -0.3 is 5.32 Å². The zero-order valence-corrected chi connectivity index (χ0v) is 15.4. The van der Waals surface area contributed by atoms with Crippen molar-refractivity contribution in [3.63, 3.8) is 0 Å². The van der Waals surface area contributed by atoms with Gasteiger partial charge in [0.15, 0.2) is 5.11 Å². The van der Waals surface area contributed by atoms with Crippen LogP contribution in [0.25, 0.3) is 0 Å². The summed E-state index contributed by atoms with van der Waals surface area (Å²) >= 11 is 6.63. The maximum absolute atomic E-state index is 13.6. The Hall–Kier alpha value is -1.99. The first-order valence-electron chi connectivity index (χ1n) is 8.37. The second-order valence-electron chi connectivity index (χ2n) is 5.99. The fourth-order valence-corrected chi connectivity index (χ4v) is 4.16. The van der Waals surface area contributed by atoms with Crippen LogP contribution < -0.4 is 16.2 Å². The van der Waals surface area contributed by atoms with E-state index in [1.165, 1.54) is 42.2 Å². The number of amides is 1. The van der Waals surface area contributed by atoms with Crippen molar-refractivity contribution in [3.8, 4) is 0 Å². The molecule has 1 aliphatic carbocycles. The van der Waals surface area contributed by atoms with E-state index in [-0.39, 0.29) is 16.7 Å². The van der Waals surface area contributed by atoms with Crippen molar-refractivity contribution in [1.29, 1.82) is 0 Å². The standard InChI is InChI=1S/C18H20FN3OS2/c19-13-8-5-6-9-14(13)20-18(24)22-21-17(23)16-11-12-7-3-1-2-4-10-15(12)25-16/h5-6,8-9,11H,1-4,7,10H2,(H,21,23)(H2,20,22,24). The van der Waals surface area contributed by atoms with E-state index < -0.39 is 5.82 Å². The van der Waals surface area contributed by atoms with Gasteiger partial charge >= 0.3 is 0 Å². The van der Waals surface area contributed by atoms with Crippen LogP contribution in [0.3, 0.4) is 0 Å². The summed E-state index contributed by atoms with van der Waals surface area (Å²) in [5.74, 6) is -0.634. The molecule has 25 heavy (non-hydrogen) atoms. The Bertz CT molecular complexity index is 750. The van der Waals surface area contributed by atoms with Gasteiger partial charge in [0, 0.05) is 4.88 Å². The van der Waals surface area contributed by atoms with Gasteiger partial charge in [0.05, 0.1) is 10.6 Å². The molecule has 1 aliphatic rings. The fourth-order valence-electron chi connectivity index (χ4n) is 2.85. The molecule has 1 aromatic carbocycles. The lowest BCUT2D eigenvalue weighted by molar-refractivity contribution is 0.0948. The third-order valence-electron chi connectivity index (χ3n) is 4.13. The average molecular weight is 378 g/mol. The maximum Gasteiger partial charge on any atom is 0.279 e. The number of para-hydroxylation sites is 1. The minimum atomic E-state index is -0.406. The van der Waals surface area contributed by atoms with Gasteiger partial charge in [0.25, 0.3) is 5.91 Å². The summed E-state index contributed by atoms with van der Waals surface area (Å²) in [6.45, 7) is 0.